The summed E-state index contributed by atoms with van der Waals surface area (Å²) in [4.78, 5) is 8.92. The van der Waals surface area contributed by atoms with E-state index in [4.69, 9.17) is 4.74 Å². The van der Waals surface area contributed by atoms with Crippen molar-refractivity contribution in [2.45, 2.75) is 12.1 Å². The van der Waals surface area contributed by atoms with Crippen molar-refractivity contribution in [2.24, 2.45) is 12.0 Å². The second kappa shape index (κ2) is 13.1. The number of rotatable bonds is 8. The molecule has 0 saturated carbocycles. The summed E-state index contributed by atoms with van der Waals surface area (Å²) in [7, 11) is 7.80. The number of aryl methyl sites for hydroxylation is 1. The van der Waals surface area contributed by atoms with E-state index in [0.29, 0.717) is 26.3 Å². The van der Waals surface area contributed by atoms with E-state index >= 15 is 0 Å². The Morgan fingerprint density at radius 3 is 2.38 bits per heavy atom. The third-order valence-electron chi connectivity index (χ3n) is 5.62. The van der Waals surface area contributed by atoms with Crippen LogP contribution in [0.25, 0.3) is 0 Å². The fourth-order valence-corrected chi connectivity index (χ4v) is 3.85. The molecule has 2 aromatic rings. The van der Waals surface area contributed by atoms with Crippen molar-refractivity contribution < 1.29 is 9.13 Å². The fourth-order valence-electron chi connectivity index (χ4n) is 3.85. The average molecular weight is 559 g/mol. The Bertz CT molecular complexity index is 837. The zero-order valence-electron chi connectivity index (χ0n) is 19.3. The summed E-state index contributed by atoms with van der Waals surface area (Å²) >= 11 is 0. The van der Waals surface area contributed by atoms with Gasteiger partial charge in [0.1, 0.15) is 5.82 Å². The van der Waals surface area contributed by atoms with Gasteiger partial charge >= 0.3 is 0 Å². The number of guanidine groups is 1. The smallest absolute Gasteiger partial charge is 0.191 e. The lowest BCUT2D eigenvalue weighted by Crippen LogP contribution is -2.47. The number of hydrogen-bond donors (Lipinski definition) is 2. The lowest BCUT2D eigenvalue weighted by molar-refractivity contribution is 0.0170. The molecule has 0 spiro atoms. The minimum absolute atomic E-state index is 0. The third-order valence-corrected chi connectivity index (χ3v) is 5.62. The van der Waals surface area contributed by atoms with Crippen LogP contribution in [0.3, 0.4) is 0 Å². The minimum Gasteiger partial charge on any atom is -0.379 e. The molecular weight excluding hydrogens is 524 g/mol. The highest BCUT2D eigenvalue weighted by atomic mass is 127. The SMILES string of the molecule is CN=C(NCC(c1cnn(C)c1)N(C)C)NCC(c1ccc(F)cc1)N1CCOCC1.I. The summed E-state index contributed by atoms with van der Waals surface area (Å²) in [5.41, 5.74) is 2.22. The van der Waals surface area contributed by atoms with Gasteiger partial charge in [0.05, 0.1) is 31.5 Å². The van der Waals surface area contributed by atoms with Crippen molar-refractivity contribution in [1.29, 1.82) is 0 Å². The van der Waals surface area contributed by atoms with Gasteiger partial charge in [-0.1, -0.05) is 12.1 Å². The number of nitrogens with one attached hydrogen (secondary N) is 2. The molecule has 1 aromatic heterocycles. The van der Waals surface area contributed by atoms with E-state index in [9.17, 15) is 4.39 Å². The Morgan fingerprint density at radius 1 is 1.16 bits per heavy atom. The van der Waals surface area contributed by atoms with Gasteiger partial charge in [-0.25, -0.2) is 4.39 Å². The maximum atomic E-state index is 13.5. The lowest BCUT2D eigenvalue weighted by atomic mass is 10.0. The van der Waals surface area contributed by atoms with Gasteiger partial charge in [0.25, 0.3) is 0 Å². The third kappa shape index (κ3) is 7.39. The van der Waals surface area contributed by atoms with E-state index in [1.165, 1.54) is 12.1 Å². The molecule has 32 heavy (non-hydrogen) atoms. The first kappa shape index (κ1) is 26.5. The first-order valence-electron chi connectivity index (χ1n) is 10.6. The molecule has 1 aliphatic rings. The van der Waals surface area contributed by atoms with Crippen molar-refractivity contribution in [3.8, 4) is 0 Å². The monoisotopic (exact) mass is 559 g/mol. The minimum atomic E-state index is -0.222. The Labute approximate surface area is 207 Å². The molecule has 2 N–H and O–H groups in total. The molecule has 0 bridgehead atoms. The maximum absolute atomic E-state index is 13.5. The molecule has 2 heterocycles. The Hall–Kier alpha value is -1.76. The molecule has 8 nitrogen and oxygen atoms in total. The lowest BCUT2D eigenvalue weighted by Gasteiger charge is -2.35. The van der Waals surface area contributed by atoms with Crippen LogP contribution in [-0.2, 0) is 11.8 Å². The molecule has 178 valence electrons. The van der Waals surface area contributed by atoms with Crippen LogP contribution in [0.15, 0.2) is 41.7 Å². The molecule has 0 aliphatic carbocycles. The van der Waals surface area contributed by atoms with E-state index in [-0.39, 0.29) is 41.9 Å². The van der Waals surface area contributed by atoms with Crippen LogP contribution in [0.1, 0.15) is 23.2 Å². The van der Waals surface area contributed by atoms with E-state index in [1.54, 1.807) is 7.05 Å². The normalized spacial score (nSPS) is 17.0. The number of nitrogens with zero attached hydrogens (tertiary/aromatic N) is 5. The Kier molecular flexibility index (Phi) is 10.8. The van der Waals surface area contributed by atoms with E-state index in [2.05, 4.69) is 44.6 Å². The number of morpholine rings is 1. The average Bonchev–Trinajstić information content (AvgIpc) is 3.20. The Balaban J connectivity index is 0.00000363. The summed E-state index contributed by atoms with van der Waals surface area (Å²) in [5, 5.41) is 11.2. The largest absolute Gasteiger partial charge is 0.379 e. The summed E-state index contributed by atoms with van der Waals surface area (Å²) in [6, 6.07) is 7.03. The van der Waals surface area contributed by atoms with E-state index in [0.717, 1.165) is 30.2 Å². The molecule has 0 radical (unpaired) electrons. The van der Waals surface area contributed by atoms with Gasteiger partial charge in [-0.2, -0.15) is 5.10 Å². The van der Waals surface area contributed by atoms with E-state index in [1.807, 2.05) is 36.3 Å². The van der Waals surface area contributed by atoms with Crippen molar-refractivity contribution in [1.82, 2.24) is 30.2 Å². The molecular formula is C22H35FIN7O. The summed E-state index contributed by atoms with van der Waals surface area (Å²) < 4.78 is 20.8. The van der Waals surface area contributed by atoms with Gasteiger partial charge in [0, 0.05) is 52.0 Å². The maximum Gasteiger partial charge on any atom is 0.191 e. The molecule has 1 fully saturated rings. The van der Waals surface area contributed by atoms with Crippen LogP contribution in [0.5, 0.6) is 0 Å². The number of ether oxygens (including phenoxy) is 1. The molecule has 10 heteroatoms. The van der Waals surface area contributed by atoms with Crippen molar-refractivity contribution in [3.63, 3.8) is 0 Å². The topological polar surface area (TPSA) is 70.0 Å². The van der Waals surface area contributed by atoms with Crippen molar-refractivity contribution >= 4 is 29.9 Å². The molecule has 0 amide bonds. The predicted octanol–water partition coefficient (Wildman–Crippen LogP) is 2.02. The molecule has 1 aromatic carbocycles. The van der Waals surface area contributed by atoms with Gasteiger partial charge in [0.2, 0.25) is 0 Å². The first-order valence-corrected chi connectivity index (χ1v) is 10.6. The van der Waals surface area contributed by atoms with Gasteiger partial charge in [-0.15, -0.1) is 24.0 Å². The summed E-state index contributed by atoms with van der Waals surface area (Å²) in [6.45, 7) is 4.46. The Morgan fingerprint density at radius 2 is 1.81 bits per heavy atom. The number of aliphatic imine (C=N–C) groups is 1. The highest BCUT2D eigenvalue weighted by Crippen LogP contribution is 2.22. The van der Waals surface area contributed by atoms with E-state index < -0.39 is 0 Å². The van der Waals surface area contributed by atoms with Crippen LogP contribution in [0.4, 0.5) is 4.39 Å². The van der Waals surface area contributed by atoms with Crippen molar-refractivity contribution in [3.05, 3.63) is 53.6 Å². The second-order valence-electron chi connectivity index (χ2n) is 7.98. The zero-order valence-corrected chi connectivity index (χ0v) is 21.6. The highest BCUT2D eigenvalue weighted by Gasteiger charge is 2.23. The number of likely N-dealkylation sites (N-methyl/N-ethyl adjacent to an activating group) is 1. The molecule has 2 atom stereocenters. The standard InChI is InChI=1S/C22H34FN7O.HI/c1-24-22(25-14-20(28(2)3)18-13-27-29(4)16-18)26-15-21(30-9-11-31-12-10-30)17-5-7-19(23)8-6-17;/h5-8,13,16,20-21H,9-12,14-15H2,1-4H3,(H2,24,25,26);1H. The molecule has 3 rings (SSSR count). The summed E-state index contributed by atoms with van der Waals surface area (Å²) in [6.07, 6.45) is 3.93. The fraction of sp³-hybridized carbons (Fsp3) is 0.545. The number of benzene rings is 1. The second-order valence-corrected chi connectivity index (χ2v) is 7.98. The van der Waals surface area contributed by atoms with Crippen molar-refractivity contribution in [2.75, 3.05) is 60.5 Å². The predicted molar refractivity (Wildman–Crippen MR) is 136 cm³/mol. The number of halogens is 2. The number of hydrogen-bond acceptors (Lipinski definition) is 5. The van der Waals surface area contributed by atoms with Gasteiger partial charge in [-0.05, 0) is 31.8 Å². The van der Waals surface area contributed by atoms with Crippen LogP contribution >= 0.6 is 24.0 Å². The first-order chi connectivity index (χ1) is 15.0. The van der Waals surface area contributed by atoms with Gasteiger partial charge in [0.15, 0.2) is 5.96 Å². The van der Waals surface area contributed by atoms with Gasteiger partial charge in [-0.3, -0.25) is 14.6 Å². The molecule has 1 aliphatic heterocycles. The van der Waals surface area contributed by atoms with Crippen LogP contribution in [0.2, 0.25) is 0 Å². The molecule has 1 saturated heterocycles. The van der Waals surface area contributed by atoms with Crippen LogP contribution in [-0.4, -0.2) is 86.1 Å². The van der Waals surface area contributed by atoms with Crippen LogP contribution < -0.4 is 10.6 Å². The molecule has 2 unspecified atom stereocenters. The highest BCUT2D eigenvalue weighted by molar-refractivity contribution is 14.0. The quantitative estimate of drug-likeness (QED) is 0.293. The zero-order chi connectivity index (χ0) is 22.2. The van der Waals surface area contributed by atoms with Gasteiger partial charge < -0.3 is 20.3 Å². The number of aromatic nitrogens is 2. The summed E-state index contributed by atoms with van der Waals surface area (Å²) in [5.74, 6) is 0.510. The van der Waals surface area contributed by atoms with Crippen LogP contribution in [0, 0.1) is 5.82 Å².